The molecule has 2 saturated heterocycles. The van der Waals surface area contributed by atoms with E-state index in [4.69, 9.17) is 4.74 Å². The van der Waals surface area contributed by atoms with E-state index >= 15 is 0 Å². The predicted molar refractivity (Wildman–Crippen MR) is 92.4 cm³/mol. The topological polar surface area (TPSA) is 49.9 Å². The standard InChI is InChI=1S/C19H32N2O3/c1-20(2)18(23)16-13-21(14-19(16)8-10-24-11-9-19)17(22)12-15-6-4-3-5-7-15/h15-16H,3-14H2,1-2H3. The van der Waals surface area contributed by atoms with Crippen LogP contribution in [0.3, 0.4) is 0 Å². The van der Waals surface area contributed by atoms with Crippen LogP contribution in [0.25, 0.3) is 0 Å². The lowest BCUT2D eigenvalue weighted by Crippen LogP contribution is -2.44. The van der Waals surface area contributed by atoms with Gasteiger partial charge in [0.2, 0.25) is 11.8 Å². The second kappa shape index (κ2) is 7.42. The third-order valence-electron chi connectivity index (χ3n) is 6.42. The van der Waals surface area contributed by atoms with E-state index in [2.05, 4.69) is 0 Å². The molecule has 0 aromatic rings. The van der Waals surface area contributed by atoms with Crippen molar-refractivity contribution in [3.8, 4) is 0 Å². The molecule has 1 spiro atoms. The van der Waals surface area contributed by atoms with Crippen molar-refractivity contribution in [3.05, 3.63) is 0 Å². The lowest BCUT2D eigenvalue weighted by atomic mass is 9.71. The molecule has 5 heteroatoms. The van der Waals surface area contributed by atoms with Gasteiger partial charge in [-0.25, -0.2) is 0 Å². The summed E-state index contributed by atoms with van der Waals surface area (Å²) in [4.78, 5) is 29.3. The normalized spacial score (nSPS) is 27.4. The summed E-state index contributed by atoms with van der Waals surface area (Å²) in [7, 11) is 3.64. The number of hydrogen-bond donors (Lipinski definition) is 0. The van der Waals surface area contributed by atoms with Gasteiger partial charge in [0, 0.05) is 52.2 Å². The monoisotopic (exact) mass is 336 g/mol. The molecule has 3 fully saturated rings. The van der Waals surface area contributed by atoms with Crippen molar-refractivity contribution in [2.75, 3.05) is 40.4 Å². The molecular weight excluding hydrogens is 304 g/mol. The zero-order valence-corrected chi connectivity index (χ0v) is 15.3. The van der Waals surface area contributed by atoms with Gasteiger partial charge in [-0.05, 0) is 31.6 Å². The van der Waals surface area contributed by atoms with Gasteiger partial charge in [-0.2, -0.15) is 0 Å². The van der Waals surface area contributed by atoms with Crippen molar-refractivity contribution in [1.29, 1.82) is 0 Å². The molecule has 0 N–H and O–H groups in total. The first-order valence-electron chi connectivity index (χ1n) is 9.58. The molecule has 3 rings (SSSR count). The van der Waals surface area contributed by atoms with Crippen LogP contribution < -0.4 is 0 Å². The van der Waals surface area contributed by atoms with Crippen LogP contribution in [0.15, 0.2) is 0 Å². The Kier molecular flexibility index (Phi) is 5.48. The first-order valence-corrected chi connectivity index (χ1v) is 9.58. The Morgan fingerprint density at radius 1 is 1.12 bits per heavy atom. The summed E-state index contributed by atoms with van der Waals surface area (Å²) in [6.45, 7) is 2.76. The fraction of sp³-hybridized carbons (Fsp3) is 0.895. The number of ether oxygens (including phenoxy) is 1. The summed E-state index contributed by atoms with van der Waals surface area (Å²) in [5, 5.41) is 0. The molecule has 1 aliphatic carbocycles. The second-order valence-electron chi connectivity index (χ2n) is 8.24. The number of nitrogens with zero attached hydrogens (tertiary/aromatic N) is 2. The maximum Gasteiger partial charge on any atom is 0.227 e. The molecule has 2 amide bonds. The van der Waals surface area contributed by atoms with Gasteiger partial charge in [0.15, 0.2) is 0 Å². The lowest BCUT2D eigenvalue weighted by Gasteiger charge is -2.38. The van der Waals surface area contributed by atoms with Gasteiger partial charge in [0.05, 0.1) is 5.92 Å². The smallest absolute Gasteiger partial charge is 0.227 e. The van der Waals surface area contributed by atoms with Crippen molar-refractivity contribution in [3.63, 3.8) is 0 Å². The van der Waals surface area contributed by atoms with Gasteiger partial charge in [0.1, 0.15) is 0 Å². The van der Waals surface area contributed by atoms with Gasteiger partial charge < -0.3 is 14.5 Å². The van der Waals surface area contributed by atoms with Crippen molar-refractivity contribution in [2.24, 2.45) is 17.3 Å². The van der Waals surface area contributed by atoms with Crippen LogP contribution in [0.2, 0.25) is 0 Å². The van der Waals surface area contributed by atoms with Crippen molar-refractivity contribution in [1.82, 2.24) is 9.80 Å². The average Bonchev–Trinajstić information content (AvgIpc) is 2.94. The summed E-state index contributed by atoms with van der Waals surface area (Å²) < 4.78 is 5.53. The molecule has 24 heavy (non-hydrogen) atoms. The molecule has 0 aromatic heterocycles. The molecule has 0 radical (unpaired) electrons. The quantitative estimate of drug-likeness (QED) is 0.794. The minimum Gasteiger partial charge on any atom is -0.381 e. The van der Waals surface area contributed by atoms with Crippen LogP contribution in [0.4, 0.5) is 0 Å². The van der Waals surface area contributed by atoms with E-state index in [0.29, 0.717) is 32.1 Å². The molecule has 0 bridgehead atoms. The minimum atomic E-state index is -0.0676. The van der Waals surface area contributed by atoms with E-state index in [1.165, 1.54) is 32.1 Å². The van der Waals surface area contributed by atoms with Crippen molar-refractivity contribution < 1.29 is 14.3 Å². The van der Waals surface area contributed by atoms with E-state index < -0.39 is 0 Å². The van der Waals surface area contributed by atoms with E-state index in [-0.39, 0.29) is 23.1 Å². The average molecular weight is 336 g/mol. The Labute approximate surface area is 145 Å². The first kappa shape index (κ1) is 17.7. The number of hydrogen-bond acceptors (Lipinski definition) is 3. The maximum absolute atomic E-state index is 12.8. The van der Waals surface area contributed by atoms with Gasteiger partial charge >= 0.3 is 0 Å². The van der Waals surface area contributed by atoms with Crippen molar-refractivity contribution in [2.45, 2.75) is 51.4 Å². The van der Waals surface area contributed by atoms with E-state index in [9.17, 15) is 9.59 Å². The zero-order chi connectivity index (χ0) is 17.2. The molecule has 1 atom stereocenters. The molecule has 5 nitrogen and oxygen atoms in total. The Bertz CT molecular complexity index is 465. The van der Waals surface area contributed by atoms with Gasteiger partial charge in [-0.15, -0.1) is 0 Å². The van der Waals surface area contributed by atoms with E-state index in [1.54, 1.807) is 4.90 Å². The van der Waals surface area contributed by atoms with Crippen LogP contribution in [-0.4, -0.2) is 62.0 Å². The number of rotatable bonds is 3. The Hall–Kier alpha value is -1.10. The predicted octanol–water partition coefficient (Wildman–Crippen LogP) is 2.30. The number of carbonyl (C=O) groups excluding carboxylic acids is 2. The Balaban J connectivity index is 1.68. The molecular formula is C19H32N2O3. The number of likely N-dealkylation sites (tertiary alicyclic amines) is 1. The molecule has 2 aliphatic heterocycles. The van der Waals surface area contributed by atoms with Crippen LogP contribution in [0.5, 0.6) is 0 Å². The highest BCUT2D eigenvalue weighted by molar-refractivity contribution is 5.83. The summed E-state index contributed by atoms with van der Waals surface area (Å²) >= 11 is 0. The van der Waals surface area contributed by atoms with Crippen LogP contribution in [0, 0.1) is 17.3 Å². The lowest BCUT2D eigenvalue weighted by molar-refractivity contribution is -0.138. The number of carbonyl (C=O) groups is 2. The summed E-state index contributed by atoms with van der Waals surface area (Å²) in [5.41, 5.74) is -0.0676. The Morgan fingerprint density at radius 3 is 2.42 bits per heavy atom. The summed E-state index contributed by atoms with van der Waals surface area (Å²) in [6, 6.07) is 0. The van der Waals surface area contributed by atoms with Gasteiger partial charge in [-0.1, -0.05) is 19.3 Å². The fourth-order valence-electron chi connectivity index (χ4n) is 4.86. The molecule has 1 saturated carbocycles. The minimum absolute atomic E-state index is 0.0632. The van der Waals surface area contributed by atoms with Crippen LogP contribution in [0.1, 0.15) is 51.4 Å². The molecule has 2 heterocycles. The molecule has 136 valence electrons. The highest BCUT2D eigenvalue weighted by atomic mass is 16.5. The van der Waals surface area contributed by atoms with E-state index in [1.807, 2.05) is 19.0 Å². The maximum atomic E-state index is 12.8. The highest BCUT2D eigenvalue weighted by Gasteiger charge is 2.52. The van der Waals surface area contributed by atoms with Gasteiger partial charge in [0.25, 0.3) is 0 Å². The largest absolute Gasteiger partial charge is 0.381 e. The number of amides is 2. The highest BCUT2D eigenvalue weighted by Crippen LogP contribution is 2.45. The fourth-order valence-corrected chi connectivity index (χ4v) is 4.86. The van der Waals surface area contributed by atoms with Gasteiger partial charge in [-0.3, -0.25) is 9.59 Å². The molecule has 1 unspecified atom stereocenters. The third-order valence-corrected chi connectivity index (χ3v) is 6.42. The SMILES string of the molecule is CN(C)C(=O)C1CN(C(=O)CC2CCCCC2)CC12CCOCC2. The third kappa shape index (κ3) is 3.61. The second-order valence-corrected chi connectivity index (χ2v) is 8.24. The van der Waals surface area contributed by atoms with Crippen LogP contribution in [-0.2, 0) is 14.3 Å². The van der Waals surface area contributed by atoms with Crippen molar-refractivity contribution >= 4 is 11.8 Å². The first-order chi connectivity index (χ1) is 11.5. The zero-order valence-electron chi connectivity index (χ0n) is 15.3. The Morgan fingerprint density at radius 2 is 1.79 bits per heavy atom. The van der Waals surface area contributed by atoms with Crippen LogP contribution >= 0.6 is 0 Å². The van der Waals surface area contributed by atoms with E-state index in [0.717, 1.165) is 19.4 Å². The molecule has 3 aliphatic rings. The summed E-state index contributed by atoms with van der Waals surface area (Å²) in [5.74, 6) is 0.930. The summed E-state index contributed by atoms with van der Waals surface area (Å²) in [6.07, 6.45) is 8.69. The molecule has 0 aromatic carbocycles.